The summed E-state index contributed by atoms with van der Waals surface area (Å²) in [5, 5.41) is 12.3. The average molecular weight is 258 g/mol. The number of nitrogens with zero attached hydrogens (tertiary/aromatic N) is 1. The van der Waals surface area contributed by atoms with E-state index in [-0.39, 0.29) is 23.8 Å². The van der Waals surface area contributed by atoms with Gasteiger partial charge in [-0.15, -0.1) is 0 Å². The molecule has 0 aromatic rings. The lowest BCUT2D eigenvalue weighted by Gasteiger charge is -2.29. The molecule has 1 fully saturated rings. The Morgan fingerprint density at radius 3 is 2.83 bits per heavy atom. The molecule has 0 radical (unpaired) electrons. The molecule has 0 bridgehead atoms. The van der Waals surface area contributed by atoms with Crippen LogP contribution in [0.4, 0.5) is 4.79 Å². The van der Waals surface area contributed by atoms with E-state index in [1.54, 1.807) is 14.0 Å². The Morgan fingerprint density at radius 2 is 2.28 bits per heavy atom. The van der Waals surface area contributed by atoms with E-state index in [9.17, 15) is 9.90 Å². The molecule has 0 aromatic heterocycles. The summed E-state index contributed by atoms with van der Waals surface area (Å²) in [7, 11) is 1.64. The van der Waals surface area contributed by atoms with E-state index in [2.05, 4.69) is 5.32 Å². The van der Waals surface area contributed by atoms with Crippen LogP contribution in [0.3, 0.4) is 0 Å². The van der Waals surface area contributed by atoms with Crippen molar-refractivity contribution in [2.75, 3.05) is 20.2 Å². The first kappa shape index (κ1) is 15.2. The van der Waals surface area contributed by atoms with Gasteiger partial charge in [-0.05, 0) is 40.0 Å². The van der Waals surface area contributed by atoms with Crippen molar-refractivity contribution < 1.29 is 14.6 Å². The van der Waals surface area contributed by atoms with Crippen LogP contribution in [0.1, 0.15) is 40.0 Å². The molecule has 18 heavy (non-hydrogen) atoms. The van der Waals surface area contributed by atoms with Crippen LogP contribution in [-0.4, -0.2) is 54.0 Å². The van der Waals surface area contributed by atoms with Gasteiger partial charge in [-0.3, -0.25) is 0 Å². The summed E-state index contributed by atoms with van der Waals surface area (Å²) in [6, 6.07) is 0.110. The lowest BCUT2D eigenvalue weighted by Crippen LogP contribution is -2.48. The number of ether oxygens (including phenoxy) is 1. The van der Waals surface area contributed by atoms with Gasteiger partial charge in [0, 0.05) is 26.2 Å². The highest BCUT2D eigenvalue weighted by Gasteiger charge is 2.30. The van der Waals surface area contributed by atoms with E-state index in [1.165, 1.54) is 0 Å². The van der Waals surface area contributed by atoms with Gasteiger partial charge >= 0.3 is 6.03 Å². The highest BCUT2D eigenvalue weighted by atomic mass is 16.5. The summed E-state index contributed by atoms with van der Waals surface area (Å²) in [5.41, 5.74) is -0.352. The molecule has 2 amide bonds. The molecule has 0 aromatic carbocycles. The van der Waals surface area contributed by atoms with Crippen LogP contribution in [0.25, 0.3) is 0 Å². The highest BCUT2D eigenvalue weighted by molar-refractivity contribution is 5.74. The van der Waals surface area contributed by atoms with Crippen LogP contribution in [0.2, 0.25) is 0 Å². The van der Waals surface area contributed by atoms with Gasteiger partial charge in [-0.2, -0.15) is 0 Å². The third kappa shape index (κ3) is 4.46. The fourth-order valence-electron chi connectivity index (χ4n) is 2.20. The SMILES string of the molecule is COC(C)(C)CNC(=O)N1CCC[C@H]1C[C@@H](C)O. The molecule has 2 atom stereocenters. The number of likely N-dealkylation sites (tertiary alicyclic amines) is 1. The zero-order chi connectivity index (χ0) is 13.8. The van der Waals surface area contributed by atoms with Crippen molar-refractivity contribution in [1.29, 1.82) is 0 Å². The Hall–Kier alpha value is -0.810. The Labute approximate surface area is 109 Å². The van der Waals surface area contributed by atoms with Gasteiger partial charge in [0.1, 0.15) is 0 Å². The molecule has 5 heteroatoms. The predicted molar refractivity (Wildman–Crippen MR) is 70.5 cm³/mol. The molecule has 1 aliphatic heterocycles. The van der Waals surface area contributed by atoms with Crippen LogP contribution in [0, 0.1) is 0 Å². The number of hydrogen-bond donors (Lipinski definition) is 2. The van der Waals surface area contributed by atoms with E-state index >= 15 is 0 Å². The zero-order valence-corrected chi connectivity index (χ0v) is 11.9. The molecule has 0 unspecified atom stereocenters. The van der Waals surface area contributed by atoms with Crippen molar-refractivity contribution in [2.45, 2.75) is 57.8 Å². The van der Waals surface area contributed by atoms with E-state index < -0.39 is 0 Å². The molecule has 0 aliphatic carbocycles. The Bertz CT molecular complexity index is 279. The number of methoxy groups -OCH3 is 1. The summed E-state index contributed by atoms with van der Waals surface area (Å²) >= 11 is 0. The number of aliphatic hydroxyl groups excluding tert-OH is 1. The second kappa shape index (κ2) is 6.38. The van der Waals surface area contributed by atoms with Crippen molar-refractivity contribution in [3.63, 3.8) is 0 Å². The summed E-state index contributed by atoms with van der Waals surface area (Å²) in [6.45, 7) is 6.90. The maximum atomic E-state index is 12.1. The summed E-state index contributed by atoms with van der Waals surface area (Å²) in [5.74, 6) is 0. The molecule has 0 spiro atoms. The van der Waals surface area contributed by atoms with Gasteiger partial charge in [-0.25, -0.2) is 4.79 Å². The molecular weight excluding hydrogens is 232 g/mol. The van der Waals surface area contributed by atoms with Gasteiger partial charge in [0.25, 0.3) is 0 Å². The third-order valence-corrected chi connectivity index (χ3v) is 3.47. The molecule has 1 rings (SSSR count). The van der Waals surface area contributed by atoms with E-state index in [1.807, 2.05) is 18.7 Å². The number of nitrogens with one attached hydrogen (secondary N) is 1. The lowest BCUT2D eigenvalue weighted by molar-refractivity contribution is 0.0239. The van der Waals surface area contributed by atoms with E-state index in [0.29, 0.717) is 13.0 Å². The Balaban J connectivity index is 2.45. The summed E-state index contributed by atoms with van der Waals surface area (Å²) in [4.78, 5) is 13.9. The molecule has 2 N–H and O–H groups in total. The maximum Gasteiger partial charge on any atom is 0.317 e. The zero-order valence-electron chi connectivity index (χ0n) is 11.9. The Morgan fingerprint density at radius 1 is 1.61 bits per heavy atom. The van der Waals surface area contributed by atoms with Crippen molar-refractivity contribution in [3.05, 3.63) is 0 Å². The number of carbonyl (C=O) groups excluding carboxylic acids is 1. The molecule has 0 saturated carbocycles. The van der Waals surface area contributed by atoms with Crippen molar-refractivity contribution in [3.8, 4) is 0 Å². The van der Waals surface area contributed by atoms with Gasteiger partial charge in [0.15, 0.2) is 0 Å². The van der Waals surface area contributed by atoms with Crippen LogP contribution >= 0.6 is 0 Å². The van der Waals surface area contributed by atoms with Crippen LogP contribution < -0.4 is 5.32 Å². The maximum absolute atomic E-state index is 12.1. The fraction of sp³-hybridized carbons (Fsp3) is 0.923. The summed E-state index contributed by atoms with van der Waals surface area (Å²) < 4.78 is 5.27. The molecule has 1 saturated heterocycles. The van der Waals surface area contributed by atoms with Gasteiger partial charge in [-0.1, -0.05) is 0 Å². The smallest absolute Gasteiger partial charge is 0.317 e. The number of carbonyl (C=O) groups is 1. The largest absolute Gasteiger partial charge is 0.393 e. The first-order chi connectivity index (χ1) is 8.35. The standard InChI is InChI=1S/C13H26N2O3/c1-10(16)8-11-6-5-7-15(11)12(17)14-9-13(2,3)18-4/h10-11,16H,5-9H2,1-4H3,(H,14,17)/t10-,11+/m1/s1. The van der Waals surface area contributed by atoms with E-state index in [4.69, 9.17) is 4.74 Å². The number of aliphatic hydroxyl groups is 1. The highest BCUT2D eigenvalue weighted by Crippen LogP contribution is 2.21. The minimum Gasteiger partial charge on any atom is -0.393 e. The van der Waals surface area contributed by atoms with Gasteiger partial charge in [0.2, 0.25) is 0 Å². The van der Waals surface area contributed by atoms with Gasteiger partial charge in [0.05, 0.1) is 11.7 Å². The average Bonchev–Trinajstić information content (AvgIpc) is 2.73. The minimum atomic E-state index is -0.362. The molecule has 5 nitrogen and oxygen atoms in total. The molecule has 106 valence electrons. The van der Waals surface area contributed by atoms with E-state index in [0.717, 1.165) is 19.4 Å². The number of amides is 2. The quantitative estimate of drug-likeness (QED) is 0.782. The second-order valence-corrected chi connectivity index (χ2v) is 5.70. The normalized spacial score (nSPS) is 22.1. The van der Waals surface area contributed by atoms with Crippen molar-refractivity contribution in [1.82, 2.24) is 10.2 Å². The molecule has 1 heterocycles. The summed E-state index contributed by atoms with van der Waals surface area (Å²) in [6.07, 6.45) is 2.28. The number of hydrogen-bond acceptors (Lipinski definition) is 3. The second-order valence-electron chi connectivity index (χ2n) is 5.70. The monoisotopic (exact) mass is 258 g/mol. The molecule has 1 aliphatic rings. The van der Waals surface area contributed by atoms with Crippen LogP contribution in [-0.2, 0) is 4.74 Å². The van der Waals surface area contributed by atoms with Crippen LogP contribution in [0.5, 0.6) is 0 Å². The van der Waals surface area contributed by atoms with Crippen LogP contribution in [0.15, 0.2) is 0 Å². The minimum absolute atomic E-state index is 0.0525. The van der Waals surface area contributed by atoms with Crippen molar-refractivity contribution in [2.24, 2.45) is 0 Å². The van der Waals surface area contributed by atoms with Crippen molar-refractivity contribution >= 4 is 6.03 Å². The first-order valence-electron chi connectivity index (χ1n) is 6.63. The van der Waals surface area contributed by atoms with Gasteiger partial charge < -0.3 is 20.1 Å². The first-order valence-corrected chi connectivity index (χ1v) is 6.63. The molecular formula is C13H26N2O3. The third-order valence-electron chi connectivity index (χ3n) is 3.47. The fourth-order valence-corrected chi connectivity index (χ4v) is 2.20. The lowest BCUT2D eigenvalue weighted by atomic mass is 10.1. The Kier molecular flexibility index (Phi) is 5.41. The predicted octanol–water partition coefficient (Wildman–Crippen LogP) is 1.36. The number of urea groups is 1. The topological polar surface area (TPSA) is 61.8 Å². The number of rotatable bonds is 5.